The minimum absolute atomic E-state index is 0.0351. The summed E-state index contributed by atoms with van der Waals surface area (Å²) in [4.78, 5) is 41.6. The molecule has 2 fully saturated rings. The molecule has 3 aromatic rings. The summed E-state index contributed by atoms with van der Waals surface area (Å²) >= 11 is 0. The van der Waals surface area contributed by atoms with Gasteiger partial charge in [-0.05, 0) is 37.1 Å². The molecule has 5 heterocycles. The van der Waals surface area contributed by atoms with E-state index in [0.717, 1.165) is 23.9 Å². The Morgan fingerprint density at radius 2 is 1.96 bits per heavy atom. The van der Waals surface area contributed by atoms with E-state index in [4.69, 9.17) is 0 Å². The molecule has 142 valence electrons. The molecule has 2 amide bonds. The maximum absolute atomic E-state index is 13.1. The third kappa shape index (κ3) is 2.66. The summed E-state index contributed by atoms with van der Waals surface area (Å²) in [5, 5.41) is 0.822. The molecular weight excluding hydrogens is 354 g/mol. The van der Waals surface area contributed by atoms with Crippen molar-refractivity contribution in [3.05, 3.63) is 60.2 Å². The molecule has 7 heteroatoms. The summed E-state index contributed by atoms with van der Waals surface area (Å²) in [6.07, 6.45) is 6.67. The van der Waals surface area contributed by atoms with Crippen molar-refractivity contribution in [1.82, 2.24) is 24.8 Å². The van der Waals surface area contributed by atoms with Gasteiger partial charge in [0.2, 0.25) is 5.91 Å². The molecule has 1 atom stereocenters. The van der Waals surface area contributed by atoms with E-state index in [1.807, 2.05) is 40.1 Å². The Balaban J connectivity index is 1.32. The van der Waals surface area contributed by atoms with Crippen LogP contribution in [0.5, 0.6) is 0 Å². The summed E-state index contributed by atoms with van der Waals surface area (Å²) < 4.78 is 0. The van der Waals surface area contributed by atoms with Gasteiger partial charge in [-0.3, -0.25) is 14.6 Å². The first-order chi connectivity index (χ1) is 13.7. The van der Waals surface area contributed by atoms with Crippen LogP contribution in [0.3, 0.4) is 0 Å². The van der Waals surface area contributed by atoms with Crippen molar-refractivity contribution in [1.29, 1.82) is 0 Å². The monoisotopic (exact) mass is 375 g/mol. The van der Waals surface area contributed by atoms with E-state index in [2.05, 4.69) is 15.0 Å². The third-order valence-electron chi connectivity index (χ3n) is 6.00. The van der Waals surface area contributed by atoms with Crippen LogP contribution in [-0.2, 0) is 11.3 Å². The number of pyridine rings is 2. The van der Waals surface area contributed by atoms with E-state index in [1.165, 1.54) is 0 Å². The molecule has 2 saturated heterocycles. The summed E-state index contributed by atoms with van der Waals surface area (Å²) in [5.41, 5.74) is 1.77. The van der Waals surface area contributed by atoms with Gasteiger partial charge < -0.3 is 14.8 Å². The number of nitrogens with one attached hydrogen (secondary N) is 1. The van der Waals surface area contributed by atoms with E-state index >= 15 is 0 Å². The second-order valence-corrected chi connectivity index (χ2v) is 7.66. The van der Waals surface area contributed by atoms with E-state index in [9.17, 15) is 9.59 Å². The van der Waals surface area contributed by atoms with Crippen molar-refractivity contribution >= 4 is 22.8 Å². The molecule has 1 N–H and O–H groups in total. The number of hydrogen-bond acceptors (Lipinski definition) is 4. The number of aromatic nitrogens is 3. The number of carbonyl (C=O) groups excluding carboxylic acids is 2. The molecule has 0 radical (unpaired) electrons. The average Bonchev–Trinajstić information content (AvgIpc) is 3.43. The van der Waals surface area contributed by atoms with Gasteiger partial charge in [0, 0.05) is 43.6 Å². The number of nitrogens with zero attached hydrogens (tertiary/aromatic N) is 4. The molecule has 1 spiro atoms. The molecule has 0 saturated carbocycles. The topological polar surface area (TPSA) is 82.2 Å². The number of H-pyrrole nitrogens is 1. The van der Waals surface area contributed by atoms with Crippen molar-refractivity contribution in [3.8, 4) is 0 Å². The zero-order chi connectivity index (χ0) is 19.1. The van der Waals surface area contributed by atoms with Gasteiger partial charge in [0.25, 0.3) is 5.91 Å². The quantitative estimate of drug-likeness (QED) is 0.761. The maximum Gasteiger partial charge on any atom is 0.256 e. The normalized spacial score (nSPS) is 21.9. The highest BCUT2D eigenvalue weighted by Gasteiger charge is 2.51. The predicted molar refractivity (Wildman–Crippen MR) is 103 cm³/mol. The number of rotatable bonds is 3. The Bertz CT molecular complexity index is 1050. The van der Waals surface area contributed by atoms with Crippen LogP contribution in [0.4, 0.5) is 0 Å². The molecule has 0 bridgehead atoms. The number of fused-ring (bicyclic) bond motifs is 1. The Labute approximate surface area is 162 Å². The SMILES string of the molecule is O=C(c1c[nH]c2ncccc12)N1CCC2(CCN(Cc3ccccn3)C2=O)C1. The van der Waals surface area contributed by atoms with Crippen molar-refractivity contribution in [2.45, 2.75) is 19.4 Å². The fraction of sp³-hybridized carbons (Fsp3) is 0.333. The first-order valence-electron chi connectivity index (χ1n) is 9.57. The number of likely N-dealkylation sites (tertiary alicyclic amines) is 2. The highest BCUT2D eigenvalue weighted by atomic mass is 16.2. The van der Waals surface area contributed by atoms with Crippen molar-refractivity contribution in [2.24, 2.45) is 5.41 Å². The molecule has 28 heavy (non-hydrogen) atoms. The van der Waals surface area contributed by atoms with Gasteiger partial charge in [-0.2, -0.15) is 0 Å². The highest BCUT2D eigenvalue weighted by Crippen LogP contribution is 2.41. The summed E-state index contributed by atoms with van der Waals surface area (Å²) in [7, 11) is 0. The van der Waals surface area contributed by atoms with E-state index in [-0.39, 0.29) is 11.8 Å². The maximum atomic E-state index is 13.1. The Kier molecular flexibility index (Phi) is 3.89. The van der Waals surface area contributed by atoms with Crippen molar-refractivity contribution in [2.75, 3.05) is 19.6 Å². The van der Waals surface area contributed by atoms with Crippen LogP contribution in [0, 0.1) is 5.41 Å². The molecule has 5 rings (SSSR count). The third-order valence-corrected chi connectivity index (χ3v) is 6.00. The van der Waals surface area contributed by atoms with Crippen LogP contribution in [0.2, 0.25) is 0 Å². The number of aromatic amines is 1. The van der Waals surface area contributed by atoms with Gasteiger partial charge in [-0.15, -0.1) is 0 Å². The van der Waals surface area contributed by atoms with Crippen LogP contribution < -0.4 is 0 Å². The Morgan fingerprint density at radius 1 is 1.11 bits per heavy atom. The largest absolute Gasteiger partial charge is 0.345 e. The zero-order valence-corrected chi connectivity index (χ0v) is 15.5. The average molecular weight is 375 g/mol. The molecule has 2 aliphatic rings. The summed E-state index contributed by atoms with van der Waals surface area (Å²) in [5.74, 6) is 0.112. The molecule has 0 aromatic carbocycles. The number of carbonyl (C=O) groups is 2. The molecule has 3 aromatic heterocycles. The Morgan fingerprint density at radius 3 is 2.82 bits per heavy atom. The van der Waals surface area contributed by atoms with Gasteiger partial charge in [0.1, 0.15) is 5.65 Å². The van der Waals surface area contributed by atoms with Crippen molar-refractivity contribution < 1.29 is 9.59 Å². The second kappa shape index (κ2) is 6.44. The van der Waals surface area contributed by atoms with Gasteiger partial charge in [0.15, 0.2) is 0 Å². The van der Waals surface area contributed by atoms with Crippen molar-refractivity contribution in [3.63, 3.8) is 0 Å². The van der Waals surface area contributed by atoms with Crippen LogP contribution in [-0.4, -0.2) is 56.2 Å². The minimum atomic E-state index is -0.450. The number of amides is 2. The van der Waals surface area contributed by atoms with Gasteiger partial charge in [-0.1, -0.05) is 6.07 Å². The molecule has 7 nitrogen and oxygen atoms in total. The van der Waals surface area contributed by atoms with E-state index < -0.39 is 5.41 Å². The van der Waals surface area contributed by atoms with Crippen LogP contribution in [0.25, 0.3) is 11.0 Å². The smallest absolute Gasteiger partial charge is 0.256 e. The lowest BCUT2D eigenvalue weighted by Crippen LogP contribution is -2.38. The highest BCUT2D eigenvalue weighted by molar-refractivity contribution is 6.06. The molecule has 0 aliphatic carbocycles. The Hall–Kier alpha value is -3.22. The van der Waals surface area contributed by atoms with Crippen LogP contribution in [0.1, 0.15) is 28.9 Å². The first-order valence-corrected chi connectivity index (χ1v) is 9.57. The zero-order valence-electron chi connectivity index (χ0n) is 15.5. The number of hydrogen-bond donors (Lipinski definition) is 1. The summed E-state index contributed by atoms with van der Waals surface area (Å²) in [6.45, 7) is 2.34. The standard InChI is InChI=1S/C21H21N5O2/c27-19(17-12-24-18-16(17)5-3-9-23-18)26-11-7-21(14-26)6-10-25(20(21)28)13-15-4-1-2-8-22-15/h1-5,8-9,12H,6-7,10-11,13-14H2,(H,23,24). The lowest BCUT2D eigenvalue weighted by molar-refractivity contribution is -0.135. The molecule has 2 aliphatic heterocycles. The summed E-state index contributed by atoms with van der Waals surface area (Å²) in [6, 6.07) is 9.47. The second-order valence-electron chi connectivity index (χ2n) is 7.66. The fourth-order valence-electron chi connectivity index (χ4n) is 4.46. The van der Waals surface area contributed by atoms with Crippen LogP contribution in [0.15, 0.2) is 48.9 Å². The van der Waals surface area contributed by atoms with Gasteiger partial charge in [0.05, 0.1) is 23.2 Å². The molecular formula is C21H21N5O2. The predicted octanol–water partition coefficient (Wildman–Crippen LogP) is 2.22. The lowest BCUT2D eigenvalue weighted by atomic mass is 9.85. The van der Waals surface area contributed by atoms with Crippen LogP contribution >= 0.6 is 0 Å². The van der Waals surface area contributed by atoms with E-state index in [1.54, 1.807) is 18.6 Å². The fourth-order valence-corrected chi connectivity index (χ4v) is 4.46. The lowest BCUT2D eigenvalue weighted by Gasteiger charge is -2.23. The van der Waals surface area contributed by atoms with Gasteiger partial charge >= 0.3 is 0 Å². The van der Waals surface area contributed by atoms with Gasteiger partial charge in [-0.25, -0.2) is 4.98 Å². The first kappa shape index (κ1) is 16.9. The van der Waals surface area contributed by atoms with E-state index in [0.29, 0.717) is 37.4 Å². The minimum Gasteiger partial charge on any atom is -0.345 e. The molecule has 1 unspecified atom stereocenters.